The molecule has 32 heavy (non-hydrogen) atoms. The van der Waals surface area contributed by atoms with Crippen LogP contribution in [0.25, 0.3) is 0 Å². The molecular weight excluding hydrogens is 400 g/mol. The van der Waals surface area contributed by atoms with Gasteiger partial charge in [0, 0.05) is 23.9 Å². The average molecular weight is 433 g/mol. The van der Waals surface area contributed by atoms with E-state index in [1.165, 1.54) is 0 Å². The minimum absolute atomic E-state index is 0.358. The Morgan fingerprint density at radius 1 is 0.594 bits per heavy atom. The van der Waals surface area contributed by atoms with Crippen LogP contribution in [0.4, 0.5) is 9.59 Å². The maximum atomic E-state index is 13.5. The fraction of sp³-hybridized carbons (Fsp3) is 0.385. The number of amides is 4. The zero-order valence-electron chi connectivity index (χ0n) is 19.8. The lowest BCUT2D eigenvalue weighted by Gasteiger charge is -2.40. The van der Waals surface area contributed by atoms with E-state index in [2.05, 4.69) is 9.98 Å². The van der Waals surface area contributed by atoms with E-state index in [4.69, 9.17) is 0 Å². The van der Waals surface area contributed by atoms with E-state index >= 15 is 0 Å². The Morgan fingerprint density at radius 3 is 1.19 bits per heavy atom. The second-order valence-corrected chi connectivity index (χ2v) is 9.96. The maximum Gasteiger partial charge on any atom is 0.351 e. The molecule has 6 nitrogen and oxygen atoms in total. The molecule has 0 fully saturated rings. The van der Waals surface area contributed by atoms with Crippen molar-refractivity contribution in [2.24, 2.45) is 9.98 Å². The summed E-state index contributed by atoms with van der Waals surface area (Å²) < 4.78 is 0. The maximum absolute atomic E-state index is 13.5. The van der Waals surface area contributed by atoms with Crippen LogP contribution < -0.4 is 0 Å². The van der Waals surface area contributed by atoms with E-state index in [1.54, 1.807) is 9.80 Å². The summed E-state index contributed by atoms with van der Waals surface area (Å²) in [7, 11) is 0. The highest BCUT2D eigenvalue weighted by atomic mass is 16.2. The second kappa shape index (κ2) is 9.07. The lowest BCUT2D eigenvalue weighted by molar-refractivity contribution is 0.188. The number of carbonyl (C=O) groups is 2. The Hall–Kier alpha value is -3.28. The van der Waals surface area contributed by atoms with Crippen LogP contribution in [0.3, 0.4) is 0 Å². The summed E-state index contributed by atoms with van der Waals surface area (Å²) in [5.74, 6) is 0.797. The molecule has 1 heterocycles. The summed E-state index contributed by atoms with van der Waals surface area (Å²) in [5, 5.41) is 0. The van der Waals surface area contributed by atoms with Crippen molar-refractivity contribution in [1.29, 1.82) is 0 Å². The van der Waals surface area contributed by atoms with Crippen molar-refractivity contribution < 1.29 is 9.59 Å². The fourth-order valence-electron chi connectivity index (χ4n) is 3.78. The molecule has 3 rings (SSSR count). The quantitative estimate of drug-likeness (QED) is 0.620. The summed E-state index contributed by atoms with van der Waals surface area (Å²) in [4.78, 5) is 39.1. The van der Waals surface area contributed by atoms with Crippen molar-refractivity contribution in [3.8, 4) is 0 Å². The predicted molar refractivity (Wildman–Crippen MR) is 129 cm³/mol. The number of carbonyl (C=O) groups excluding carboxylic acids is 2. The van der Waals surface area contributed by atoms with Crippen LogP contribution in [0, 0.1) is 0 Å². The predicted octanol–water partition coefficient (Wildman–Crippen LogP) is 5.72. The van der Waals surface area contributed by atoms with Gasteiger partial charge < -0.3 is 0 Å². The minimum Gasteiger partial charge on any atom is -0.274 e. The standard InChI is InChI=1S/C26H32N4O2/c1-25(2,3)29-21(17-19-13-9-7-10-14-19)27-24(32)30(26(4,5)6)22(28-23(29)31)18-20-15-11-8-12-16-20/h7-16H,17-18H2,1-6H3/b27-21-,28-22-. The number of nitrogens with zero attached hydrogens (tertiary/aromatic N) is 4. The monoisotopic (exact) mass is 432 g/mol. The van der Waals surface area contributed by atoms with Crippen molar-refractivity contribution in [3.63, 3.8) is 0 Å². The van der Waals surface area contributed by atoms with Crippen LogP contribution in [-0.2, 0) is 12.8 Å². The van der Waals surface area contributed by atoms with Gasteiger partial charge in [-0.05, 0) is 52.7 Å². The molecule has 0 saturated carbocycles. The topological polar surface area (TPSA) is 65.3 Å². The van der Waals surface area contributed by atoms with E-state index in [1.807, 2.05) is 102 Å². The van der Waals surface area contributed by atoms with Crippen LogP contribution >= 0.6 is 0 Å². The first-order valence-electron chi connectivity index (χ1n) is 10.9. The first-order chi connectivity index (χ1) is 15.0. The van der Waals surface area contributed by atoms with E-state index in [9.17, 15) is 9.59 Å². The van der Waals surface area contributed by atoms with E-state index < -0.39 is 23.1 Å². The third kappa shape index (κ3) is 5.49. The summed E-state index contributed by atoms with van der Waals surface area (Å²) in [5.41, 5.74) is 0.738. The zero-order valence-corrected chi connectivity index (χ0v) is 19.8. The van der Waals surface area contributed by atoms with E-state index in [0.717, 1.165) is 11.1 Å². The molecule has 1 aliphatic rings. The first kappa shape index (κ1) is 23.4. The minimum atomic E-state index is -0.601. The second-order valence-electron chi connectivity index (χ2n) is 9.96. The molecule has 2 aromatic rings. The molecule has 0 unspecified atom stereocenters. The molecule has 0 bridgehead atoms. The van der Waals surface area contributed by atoms with Crippen molar-refractivity contribution in [2.75, 3.05) is 0 Å². The number of benzene rings is 2. The smallest absolute Gasteiger partial charge is 0.274 e. The number of amidine groups is 2. The molecule has 4 amide bonds. The van der Waals surface area contributed by atoms with Gasteiger partial charge in [-0.1, -0.05) is 60.7 Å². The molecule has 0 spiro atoms. The van der Waals surface area contributed by atoms with Crippen molar-refractivity contribution >= 4 is 23.7 Å². The van der Waals surface area contributed by atoms with Crippen LogP contribution in [-0.4, -0.2) is 44.6 Å². The fourth-order valence-corrected chi connectivity index (χ4v) is 3.78. The van der Waals surface area contributed by atoms with Crippen LogP contribution in [0.1, 0.15) is 52.7 Å². The molecular formula is C26H32N4O2. The average Bonchev–Trinajstić information content (AvgIpc) is 2.66. The summed E-state index contributed by atoms with van der Waals surface area (Å²) in [6.45, 7) is 11.5. The highest BCUT2D eigenvalue weighted by Gasteiger charge is 2.38. The molecule has 0 radical (unpaired) electrons. The normalized spacial score (nSPS) is 19.1. The molecule has 0 atom stereocenters. The molecule has 0 N–H and O–H groups in total. The summed E-state index contributed by atoms with van der Waals surface area (Å²) >= 11 is 0. The Balaban J connectivity index is 2.12. The number of urea groups is 2. The SMILES string of the molecule is CC(C)(C)N1C(=O)/N=C(/Cc2ccccc2)N(C(C)(C)C)C(=O)/N=C\1Cc1ccccc1. The number of rotatable bonds is 4. The lowest BCUT2D eigenvalue weighted by atomic mass is 10.0. The van der Waals surface area contributed by atoms with Gasteiger partial charge >= 0.3 is 12.1 Å². The largest absolute Gasteiger partial charge is 0.351 e. The van der Waals surface area contributed by atoms with Gasteiger partial charge in [-0.15, -0.1) is 0 Å². The van der Waals surface area contributed by atoms with Gasteiger partial charge in [-0.2, -0.15) is 9.98 Å². The zero-order chi connectivity index (χ0) is 23.5. The highest BCUT2D eigenvalue weighted by Crippen LogP contribution is 2.25. The third-order valence-corrected chi connectivity index (χ3v) is 5.10. The Bertz CT molecular complexity index is 943. The first-order valence-corrected chi connectivity index (χ1v) is 10.9. The van der Waals surface area contributed by atoms with Gasteiger partial charge in [0.25, 0.3) is 0 Å². The molecule has 1 aliphatic heterocycles. The van der Waals surface area contributed by atoms with Gasteiger partial charge in [0.05, 0.1) is 0 Å². The number of hydrogen-bond donors (Lipinski definition) is 0. The van der Waals surface area contributed by atoms with Gasteiger partial charge in [-0.25, -0.2) is 9.59 Å². The molecule has 2 aromatic carbocycles. The summed E-state index contributed by atoms with van der Waals surface area (Å²) in [6.07, 6.45) is 0.716. The molecule has 0 saturated heterocycles. The molecule has 0 aliphatic carbocycles. The summed E-state index contributed by atoms with van der Waals surface area (Å²) in [6, 6.07) is 18.6. The van der Waals surface area contributed by atoms with Crippen LogP contribution in [0.15, 0.2) is 70.6 Å². The highest BCUT2D eigenvalue weighted by molar-refractivity contribution is 6.13. The Labute approximate surface area is 190 Å². The van der Waals surface area contributed by atoms with Gasteiger partial charge in [0.2, 0.25) is 0 Å². The van der Waals surface area contributed by atoms with Crippen LogP contribution in [0.5, 0.6) is 0 Å². The number of aliphatic imine (C=N–C) groups is 2. The van der Waals surface area contributed by atoms with E-state index in [-0.39, 0.29) is 0 Å². The van der Waals surface area contributed by atoms with Crippen LogP contribution in [0.2, 0.25) is 0 Å². The molecule has 168 valence electrons. The van der Waals surface area contributed by atoms with Crippen molar-refractivity contribution in [2.45, 2.75) is 65.5 Å². The van der Waals surface area contributed by atoms with Gasteiger partial charge in [-0.3, -0.25) is 9.80 Å². The molecule has 6 heteroatoms. The Kier molecular flexibility index (Phi) is 6.63. The van der Waals surface area contributed by atoms with Crippen molar-refractivity contribution in [3.05, 3.63) is 71.8 Å². The molecule has 0 aromatic heterocycles. The van der Waals surface area contributed by atoms with E-state index in [0.29, 0.717) is 24.5 Å². The lowest BCUT2D eigenvalue weighted by Crippen LogP contribution is -2.55. The van der Waals surface area contributed by atoms with Crippen molar-refractivity contribution in [1.82, 2.24) is 9.80 Å². The van der Waals surface area contributed by atoms with Gasteiger partial charge in [0.1, 0.15) is 11.7 Å². The number of hydrogen-bond acceptors (Lipinski definition) is 2. The third-order valence-electron chi connectivity index (χ3n) is 5.10. The Morgan fingerprint density at radius 2 is 0.906 bits per heavy atom. The van der Waals surface area contributed by atoms with Gasteiger partial charge in [0.15, 0.2) is 0 Å².